The molecule has 1 aliphatic rings. The predicted molar refractivity (Wildman–Crippen MR) is 108 cm³/mol. The van der Waals surface area contributed by atoms with Crippen molar-refractivity contribution in [2.24, 2.45) is 0 Å². The number of carbonyl (C=O) groups excluding carboxylic acids is 2. The summed E-state index contributed by atoms with van der Waals surface area (Å²) in [6.45, 7) is 2.68. The molecular weight excluding hydrogens is 380 g/mol. The number of halogens is 1. The normalized spacial score (nSPS) is 16.2. The minimum atomic E-state index is -0.544. The van der Waals surface area contributed by atoms with Crippen molar-refractivity contribution in [3.05, 3.63) is 53.1 Å². The Hall–Kier alpha value is -2.73. The maximum atomic E-state index is 12.6. The molecule has 6 nitrogen and oxygen atoms in total. The lowest BCUT2D eigenvalue weighted by Crippen LogP contribution is -2.42. The van der Waals surface area contributed by atoms with Gasteiger partial charge in [0.05, 0.1) is 30.8 Å². The maximum absolute atomic E-state index is 12.6. The number of ether oxygens (including phenoxy) is 2. The molecule has 1 heterocycles. The summed E-state index contributed by atoms with van der Waals surface area (Å²) in [5.74, 6) is 0.831. The van der Waals surface area contributed by atoms with E-state index in [1.165, 1.54) is 0 Å². The van der Waals surface area contributed by atoms with Gasteiger partial charge in [0.2, 0.25) is 11.8 Å². The Morgan fingerprint density at radius 2 is 2.04 bits per heavy atom. The fraction of sp³-hybridized carbons (Fsp3) is 0.333. The van der Waals surface area contributed by atoms with Gasteiger partial charge in [-0.3, -0.25) is 9.59 Å². The summed E-state index contributed by atoms with van der Waals surface area (Å²) >= 11 is 6.18. The van der Waals surface area contributed by atoms with Crippen LogP contribution >= 0.6 is 11.6 Å². The first-order valence-corrected chi connectivity index (χ1v) is 9.50. The van der Waals surface area contributed by atoms with Gasteiger partial charge in [0.25, 0.3) is 0 Å². The van der Waals surface area contributed by atoms with Crippen LogP contribution in [0.1, 0.15) is 18.4 Å². The van der Waals surface area contributed by atoms with E-state index < -0.39 is 6.04 Å². The molecule has 0 saturated carbocycles. The topological polar surface area (TPSA) is 67.9 Å². The van der Waals surface area contributed by atoms with Gasteiger partial charge in [0.1, 0.15) is 6.04 Å². The average molecular weight is 403 g/mol. The zero-order valence-electron chi connectivity index (χ0n) is 15.9. The van der Waals surface area contributed by atoms with E-state index in [1.54, 1.807) is 24.1 Å². The fourth-order valence-corrected chi connectivity index (χ4v) is 3.38. The highest BCUT2D eigenvalue weighted by Crippen LogP contribution is 2.29. The summed E-state index contributed by atoms with van der Waals surface area (Å²) < 4.78 is 10.9. The molecule has 0 spiro atoms. The molecule has 1 atom stereocenters. The third kappa shape index (κ3) is 4.57. The summed E-state index contributed by atoms with van der Waals surface area (Å²) in [7, 11) is 1.57. The molecular formula is C21H23ClN2O4. The van der Waals surface area contributed by atoms with Crippen molar-refractivity contribution in [3.8, 4) is 11.5 Å². The van der Waals surface area contributed by atoms with E-state index in [0.717, 1.165) is 5.56 Å². The molecule has 0 radical (unpaired) electrons. The summed E-state index contributed by atoms with van der Waals surface area (Å²) in [5.41, 5.74) is 1.73. The van der Waals surface area contributed by atoms with E-state index in [0.29, 0.717) is 35.2 Å². The second-order valence-corrected chi connectivity index (χ2v) is 7.01. The molecule has 7 heteroatoms. The second-order valence-electron chi connectivity index (χ2n) is 6.60. The van der Waals surface area contributed by atoms with Crippen LogP contribution in [0, 0.1) is 6.92 Å². The molecule has 3 rings (SSSR count). The Labute approximate surface area is 169 Å². The lowest BCUT2D eigenvalue weighted by atomic mass is 10.2. The summed E-state index contributed by atoms with van der Waals surface area (Å²) in [6, 6.07) is 12.2. The molecule has 1 unspecified atom stereocenters. The number of nitrogens with one attached hydrogen (secondary N) is 1. The van der Waals surface area contributed by atoms with Crippen LogP contribution in [0.25, 0.3) is 0 Å². The van der Waals surface area contributed by atoms with Crippen LogP contribution in [0.15, 0.2) is 42.5 Å². The largest absolute Gasteiger partial charge is 0.493 e. The maximum Gasteiger partial charge on any atom is 0.249 e. The first-order chi connectivity index (χ1) is 13.5. The number of anilines is 1. The van der Waals surface area contributed by atoms with Crippen LogP contribution in [0.3, 0.4) is 0 Å². The highest BCUT2D eigenvalue weighted by Gasteiger charge is 2.34. The van der Waals surface area contributed by atoms with Crippen LogP contribution in [0.5, 0.6) is 11.5 Å². The minimum absolute atomic E-state index is 0.146. The first kappa shape index (κ1) is 20.0. The first-order valence-electron chi connectivity index (χ1n) is 9.12. The summed E-state index contributed by atoms with van der Waals surface area (Å²) in [5, 5.41) is 3.30. The Morgan fingerprint density at radius 3 is 2.79 bits per heavy atom. The molecule has 1 aliphatic heterocycles. The molecule has 148 valence electrons. The number of rotatable bonds is 7. The van der Waals surface area contributed by atoms with Crippen LogP contribution in [-0.2, 0) is 9.59 Å². The number of aryl methyl sites for hydroxylation is 1. The van der Waals surface area contributed by atoms with Gasteiger partial charge in [-0.15, -0.1) is 0 Å². The van der Waals surface area contributed by atoms with Gasteiger partial charge in [-0.25, -0.2) is 0 Å². The van der Waals surface area contributed by atoms with E-state index in [2.05, 4.69) is 5.32 Å². The summed E-state index contributed by atoms with van der Waals surface area (Å²) in [4.78, 5) is 26.5. The number of hydrogen-bond donors (Lipinski definition) is 1. The van der Waals surface area contributed by atoms with Crippen LogP contribution in [-0.4, -0.2) is 38.1 Å². The van der Waals surface area contributed by atoms with Gasteiger partial charge in [-0.1, -0.05) is 29.8 Å². The smallest absolute Gasteiger partial charge is 0.249 e. The fourth-order valence-electron chi connectivity index (χ4n) is 3.14. The molecule has 1 fully saturated rings. The lowest BCUT2D eigenvalue weighted by molar-refractivity contribution is -0.126. The van der Waals surface area contributed by atoms with E-state index in [4.69, 9.17) is 21.1 Å². The van der Waals surface area contributed by atoms with Crippen molar-refractivity contribution in [2.75, 3.05) is 25.2 Å². The molecule has 0 aromatic heterocycles. The van der Waals surface area contributed by atoms with Gasteiger partial charge < -0.3 is 19.7 Å². The molecule has 2 amide bonds. The Morgan fingerprint density at radius 1 is 1.25 bits per heavy atom. The van der Waals surface area contributed by atoms with E-state index in [9.17, 15) is 9.59 Å². The Balaban J connectivity index is 1.50. The number of para-hydroxylation sites is 1. The molecule has 0 aliphatic carbocycles. The van der Waals surface area contributed by atoms with Crippen LogP contribution in [0.4, 0.5) is 5.69 Å². The molecule has 1 N–H and O–H groups in total. The SMILES string of the molecule is COc1cc(C)ccc1OCCC(=O)NC1CCN(c2ccccc2Cl)C1=O. The molecule has 0 bridgehead atoms. The van der Waals surface area contributed by atoms with Gasteiger partial charge in [-0.2, -0.15) is 0 Å². The monoisotopic (exact) mass is 402 g/mol. The third-order valence-corrected chi connectivity index (χ3v) is 4.91. The minimum Gasteiger partial charge on any atom is -0.493 e. The number of hydrogen-bond acceptors (Lipinski definition) is 4. The van der Waals surface area contributed by atoms with Gasteiger partial charge >= 0.3 is 0 Å². The van der Waals surface area contributed by atoms with Crippen molar-refractivity contribution < 1.29 is 19.1 Å². The zero-order valence-corrected chi connectivity index (χ0v) is 16.7. The molecule has 1 saturated heterocycles. The Bertz CT molecular complexity index is 871. The quantitative estimate of drug-likeness (QED) is 0.771. The standard InChI is InChI=1S/C21H23ClN2O4/c1-14-7-8-18(19(13-14)27-2)28-12-10-20(25)23-16-9-11-24(21(16)26)17-6-4-3-5-15(17)22/h3-8,13,16H,9-12H2,1-2H3,(H,23,25). The van der Waals surface area contributed by atoms with Crippen molar-refractivity contribution in [3.63, 3.8) is 0 Å². The molecule has 2 aromatic carbocycles. The number of carbonyl (C=O) groups is 2. The number of nitrogens with zero attached hydrogens (tertiary/aromatic N) is 1. The predicted octanol–water partition coefficient (Wildman–Crippen LogP) is 3.35. The van der Waals surface area contributed by atoms with Crippen LogP contribution < -0.4 is 19.7 Å². The van der Waals surface area contributed by atoms with Crippen molar-refractivity contribution in [1.82, 2.24) is 5.32 Å². The highest BCUT2D eigenvalue weighted by molar-refractivity contribution is 6.34. The van der Waals surface area contributed by atoms with Gasteiger partial charge in [0, 0.05) is 6.54 Å². The highest BCUT2D eigenvalue weighted by atomic mass is 35.5. The number of benzene rings is 2. The number of methoxy groups -OCH3 is 1. The van der Waals surface area contributed by atoms with Crippen LogP contribution in [0.2, 0.25) is 5.02 Å². The third-order valence-electron chi connectivity index (χ3n) is 4.59. The van der Waals surface area contributed by atoms with Crippen molar-refractivity contribution in [1.29, 1.82) is 0 Å². The average Bonchev–Trinajstić information content (AvgIpc) is 3.03. The second kappa shape index (κ2) is 8.97. The van der Waals surface area contributed by atoms with Gasteiger partial charge in [-0.05, 0) is 43.2 Å². The number of amides is 2. The van der Waals surface area contributed by atoms with Crippen molar-refractivity contribution in [2.45, 2.75) is 25.8 Å². The van der Waals surface area contributed by atoms with Crippen molar-refractivity contribution >= 4 is 29.1 Å². The van der Waals surface area contributed by atoms with E-state index in [1.807, 2.05) is 37.3 Å². The Kier molecular flexibility index (Phi) is 6.41. The van der Waals surface area contributed by atoms with E-state index in [-0.39, 0.29) is 24.8 Å². The summed E-state index contributed by atoms with van der Waals surface area (Å²) in [6.07, 6.45) is 0.690. The van der Waals surface area contributed by atoms with E-state index >= 15 is 0 Å². The molecule has 2 aromatic rings. The van der Waals surface area contributed by atoms with Gasteiger partial charge in [0.15, 0.2) is 11.5 Å². The molecule has 28 heavy (non-hydrogen) atoms. The zero-order chi connectivity index (χ0) is 20.1. The lowest BCUT2D eigenvalue weighted by Gasteiger charge is -2.18.